The number of alkyl halides is 2. The number of benzene rings is 2. The van der Waals surface area contributed by atoms with Crippen LogP contribution in [0.2, 0.25) is 0 Å². The summed E-state index contributed by atoms with van der Waals surface area (Å²) in [6.07, 6.45) is 0. The van der Waals surface area contributed by atoms with Crippen LogP contribution >= 0.6 is 0 Å². The largest absolute Gasteiger partial charge is 0.435 e. The Morgan fingerprint density at radius 3 is 2.37 bits per heavy atom. The maximum Gasteiger partial charge on any atom is 0.387 e. The van der Waals surface area contributed by atoms with Gasteiger partial charge in [0.05, 0.1) is 19.3 Å². The lowest BCUT2D eigenvalue weighted by molar-refractivity contribution is -0.0498. The molecule has 0 bridgehead atoms. The Bertz CT molecular complexity index is 720. The van der Waals surface area contributed by atoms with Crippen molar-refractivity contribution in [2.75, 3.05) is 32.8 Å². The summed E-state index contributed by atoms with van der Waals surface area (Å²) in [6, 6.07) is 15.7. The van der Waals surface area contributed by atoms with E-state index in [1.54, 1.807) is 0 Å². The van der Waals surface area contributed by atoms with Gasteiger partial charge in [0.25, 0.3) is 5.91 Å². The van der Waals surface area contributed by atoms with Crippen molar-refractivity contribution < 1.29 is 23.0 Å². The number of halogens is 2. The summed E-state index contributed by atoms with van der Waals surface area (Å²) >= 11 is 0. The van der Waals surface area contributed by atoms with Gasteiger partial charge in [-0.25, -0.2) is 0 Å². The van der Waals surface area contributed by atoms with E-state index in [1.165, 1.54) is 24.3 Å². The van der Waals surface area contributed by atoms with E-state index in [2.05, 4.69) is 15.0 Å². The van der Waals surface area contributed by atoms with Gasteiger partial charge in [-0.05, 0) is 29.8 Å². The van der Waals surface area contributed by atoms with Gasteiger partial charge in [0, 0.05) is 25.2 Å². The van der Waals surface area contributed by atoms with Gasteiger partial charge in [-0.15, -0.1) is 0 Å². The van der Waals surface area contributed by atoms with Crippen molar-refractivity contribution in [2.24, 2.45) is 0 Å². The summed E-state index contributed by atoms with van der Waals surface area (Å²) in [5, 5.41) is 2.94. The van der Waals surface area contributed by atoms with Crippen molar-refractivity contribution in [3.8, 4) is 5.75 Å². The van der Waals surface area contributed by atoms with Crippen molar-refractivity contribution >= 4 is 5.91 Å². The fourth-order valence-electron chi connectivity index (χ4n) is 3.10. The van der Waals surface area contributed by atoms with Gasteiger partial charge in [0.2, 0.25) is 0 Å². The minimum Gasteiger partial charge on any atom is -0.435 e. The first kappa shape index (κ1) is 19.3. The Morgan fingerprint density at radius 2 is 1.74 bits per heavy atom. The third-order valence-electron chi connectivity index (χ3n) is 4.47. The van der Waals surface area contributed by atoms with Crippen LogP contribution < -0.4 is 10.1 Å². The van der Waals surface area contributed by atoms with E-state index in [1.807, 2.05) is 30.3 Å². The molecule has 1 unspecified atom stereocenters. The predicted octanol–water partition coefficient (Wildman–Crippen LogP) is 3.09. The molecule has 0 spiro atoms. The molecule has 1 aliphatic heterocycles. The zero-order chi connectivity index (χ0) is 19.1. The average Bonchev–Trinajstić information content (AvgIpc) is 2.70. The lowest BCUT2D eigenvalue weighted by Gasteiger charge is -2.35. The van der Waals surface area contributed by atoms with Gasteiger partial charge >= 0.3 is 6.61 Å². The molecular weight excluding hydrogens is 354 g/mol. The predicted molar refractivity (Wildman–Crippen MR) is 97.0 cm³/mol. The molecule has 0 aromatic heterocycles. The number of hydrogen-bond acceptors (Lipinski definition) is 4. The zero-order valence-electron chi connectivity index (χ0n) is 14.8. The number of nitrogens with one attached hydrogen (secondary N) is 1. The fraction of sp³-hybridized carbons (Fsp3) is 0.350. The Labute approximate surface area is 156 Å². The molecule has 144 valence electrons. The molecule has 7 heteroatoms. The van der Waals surface area contributed by atoms with E-state index in [-0.39, 0.29) is 17.7 Å². The molecule has 1 amide bonds. The van der Waals surface area contributed by atoms with Crippen molar-refractivity contribution in [1.29, 1.82) is 0 Å². The molecule has 0 aliphatic carbocycles. The summed E-state index contributed by atoms with van der Waals surface area (Å²) < 4.78 is 34.2. The summed E-state index contributed by atoms with van der Waals surface area (Å²) in [4.78, 5) is 14.7. The van der Waals surface area contributed by atoms with Crippen LogP contribution in [0.1, 0.15) is 22.0 Å². The van der Waals surface area contributed by atoms with Gasteiger partial charge in [0.1, 0.15) is 5.75 Å². The first-order valence-electron chi connectivity index (χ1n) is 8.83. The molecule has 1 N–H and O–H groups in total. The van der Waals surface area contributed by atoms with Crippen molar-refractivity contribution in [3.63, 3.8) is 0 Å². The average molecular weight is 376 g/mol. The highest BCUT2D eigenvalue weighted by molar-refractivity contribution is 5.94. The molecule has 3 rings (SSSR count). The van der Waals surface area contributed by atoms with E-state index in [0.717, 1.165) is 18.7 Å². The second-order valence-corrected chi connectivity index (χ2v) is 6.19. The van der Waals surface area contributed by atoms with Crippen LogP contribution in [0.4, 0.5) is 8.78 Å². The number of nitrogens with zero attached hydrogens (tertiary/aromatic N) is 1. The number of amides is 1. The van der Waals surface area contributed by atoms with Crippen LogP contribution in [0.5, 0.6) is 5.75 Å². The lowest BCUT2D eigenvalue weighted by Crippen LogP contribution is -2.43. The second-order valence-electron chi connectivity index (χ2n) is 6.19. The zero-order valence-corrected chi connectivity index (χ0v) is 14.8. The highest BCUT2D eigenvalue weighted by Gasteiger charge is 2.23. The first-order chi connectivity index (χ1) is 13.1. The van der Waals surface area contributed by atoms with Crippen LogP contribution in [0.3, 0.4) is 0 Å². The Kier molecular flexibility index (Phi) is 6.73. The number of ether oxygens (including phenoxy) is 2. The number of carbonyl (C=O) groups is 1. The van der Waals surface area contributed by atoms with Crippen LogP contribution in [0.15, 0.2) is 54.6 Å². The SMILES string of the molecule is O=C(NCC(c1ccccc1)N1CCOCC1)c1ccc(OC(F)F)cc1. The van der Waals surface area contributed by atoms with Gasteiger partial charge in [-0.2, -0.15) is 8.78 Å². The lowest BCUT2D eigenvalue weighted by atomic mass is 10.0. The fourth-order valence-corrected chi connectivity index (χ4v) is 3.10. The molecule has 1 saturated heterocycles. The molecule has 1 aliphatic rings. The number of morpholine rings is 1. The highest BCUT2D eigenvalue weighted by atomic mass is 19.3. The van der Waals surface area contributed by atoms with Gasteiger partial charge in [-0.3, -0.25) is 9.69 Å². The van der Waals surface area contributed by atoms with E-state index in [0.29, 0.717) is 25.3 Å². The van der Waals surface area contributed by atoms with Gasteiger partial charge < -0.3 is 14.8 Å². The maximum absolute atomic E-state index is 12.5. The normalized spacial score (nSPS) is 16.1. The summed E-state index contributed by atoms with van der Waals surface area (Å²) in [6.45, 7) is 0.499. The smallest absolute Gasteiger partial charge is 0.387 e. The topological polar surface area (TPSA) is 50.8 Å². The third kappa shape index (κ3) is 5.48. The van der Waals surface area contributed by atoms with E-state index in [9.17, 15) is 13.6 Å². The third-order valence-corrected chi connectivity index (χ3v) is 4.47. The van der Waals surface area contributed by atoms with Gasteiger partial charge in [0.15, 0.2) is 0 Å². The monoisotopic (exact) mass is 376 g/mol. The van der Waals surface area contributed by atoms with Crippen LogP contribution in [0, 0.1) is 0 Å². The minimum atomic E-state index is -2.88. The van der Waals surface area contributed by atoms with E-state index >= 15 is 0 Å². The molecule has 0 radical (unpaired) electrons. The Hall–Kier alpha value is -2.51. The van der Waals surface area contributed by atoms with Crippen molar-refractivity contribution in [3.05, 3.63) is 65.7 Å². The van der Waals surface area contributed by atoms with E-state index < -0.39 is 6.61 Å². The molecule has 5 nitrogen and oxygen atoms in total. The van der Waals surface area contributed by atoms with Crippen LogP contribution in [-0.4, -0.2) is 50.3 Å². The van der Waals surface area contributed by atoms with Gasteiger partial charge in [-0.1, -0.05) is 30.3 Å². The quantitative estimate of drug-likeness (QED) is 0.807. The first-order valence-corrected chi connectivity index (χ1v) is 8.83. The molecule has 2 aromatic carbocycles. The minimum absolute atomic E-state index is 0.0250. The molecule has 1 atom stereocenters. The molecule has 1 fully saturated rings. The van der Waals surface area contributed by atoms with Crippen LogP contribution in [0.25, 0.3) is 0 Å². The highest BCUT2D eigenvalue weighted by Crippen LogP contribution is 2.21. The number of hydrogen-bond donors (Lipinski definition) is 1. The Balaban J connectivity index is 1.64. The van der Waals surface area contributed by atoms with E-state index in [4.69, 9.17) is 4.74 Å². The molecule has 27 heavy (non-hydrogen) atoms. The summed E-state index contributed by atoms with van der Waals surface area (Å²) in [5.74, 6) is -0.232. The van der Waals surface area contributed by atoms with Crippen LogP contribution in [-0.2, 0) is 4.74 Å². The summed E-state index contributed by atoms with van der Waals surface area (Å²) in [5.41, 5.74) is 1.52. The number of rotatable bonds is 7. The molecule has 1 heterocycles. The Morgan fingerprint density at radius 1 is 1.07 bits per heavy atom. The molecule has 2 aromatic rings. The van der Waals surface area contributed by atoms with Crippen molar-refractivity contribution in [2.45, 2.75) is 12.7 Å². The molecule has 0 saturated carbocycles. The summed E-state index contributed by atoms with van der Waals surface area (Å²) in [7, 11) is 0. The second kappa shape index (κ2) is 9.43. The molecular formula is C20H22F2N2O3. The number of carbonyl (C=O) groups excluding carboxylic acids is 1. The maximum atomic E-state index is 12.5. The standard InChI is InChI=1S/C20H22F2N2O3/c21-20(22)27-17-8-6-16(7-9-17)19(25)23-14-18(15-4-2-1-3-5-15)24-10-12-26-13-11-24/h1-9,18,20H,10-14H2,(H,23,25). The van der Waals surface area contributed by atoms with Crippen molar-refractivity contribution in [1.82, 2.24) is 10.2 Å².